The van der Waals surface area contributed by atoms with E-state index in [2.05, 4.69) is 220 Å². The molecule has 2 heterocycles. The van der Waals surface area contributed by atoms with Crippen LogP contribution in [0.4, 0.5) is 11.4 Å². The van der Waals surface area contributed by atoms with Gasteiger partial charge in [0.05, 0.1) is 20.4 Å². The van der Waals surface area contributed by atoms with Crippen molar-refractivity contribution in [2.24, 2.45) is 0 Å². The average molecular weight is 813 g/mol. The second-order valence-electron chi connectivity index (χ2n) is 15.1. The van der Waals surface area contributed by atoms with Crippen molar-refractivity contribution in [2.75, 3.05) is 38.0 Å². The molecule has 0 fully saturated rings. The number of para-hydroxylation sites is 2. The number of thiazole rings is 2. The van der Waals surface area contributed by atoms with E-state index in [4.69, 9.17) is 9.97 Å². The largest absolute Gasteiger partial charge is 0.378 e. The maximum absolute atomic E-state index is 4.89. The van der Waals surface area contributed by atoms with Crippen molar-refractivity contribution >= 4 is 54.5 Å². The summed E-state index contributed by atoms with van der Waals surface area (Å²) >= 11 is 3.50. The third kappa shape index (κ3) is 8.21. The third-order valence-corrected chi connectivity index (χ3v) is 12.8. The second kappa shape index (κ2) is 17.2. The van der Waals surface area contributed by atoms with Gasteiger partial charge in [-0.2, -0.15) is 0 Å². The van der Waals surface area contributed by atoms with Crippen LogP contribution in [0.2, 0.25) is 0 Å². The molecule has 10 rings (SSSR count). The van der Waals surface area contributed by atoms with Crippen LogP contribution >= 0.6 is 22.7 Å². The van der Waals surface area contributed by atoms with Crippen molar-refractivity contribution in [3.8, 4) is 65.6 Å². The van der Waals surface area contributed by atoms with E-state index >= 15 is 0 Å². The Morgan fingerprint density at radius 1 is 0.317 bits per heavy atom. The van der Waals surface area contributed by atoms with Gasteiger partial charge >= 0.3 is 0 Å². The minimum Gasteiger partial charge on any atom is -0.378 e. The lowest BCUT2D eigenvalue weighted by Crippen LogP contribution is -2.07. The minimum absolute atomic E-state index is 1.06. The van der Waals surface area contributed by atoms with Gasteiger partial charge in [0, 0.05) is 50.7 Å². The quantitative estimate of drug-likeness (QED) is 0.153. The Labute approximate surface area is 360 Å². The smallest absolute Gasteiger partial charge is 0.125 e. The molecular formula is C54H44N4S2. The first-order valence-electron chi connectivity index (χ1n) is 20.0. The van der Waals surface area contributed by atoms with E-state index in [1.54, 1.807) is 22.7 Å². The summed E-state index contributed by atoms with van der Waals surface area (Å²) in [7, 11) is 8.26. The average Bonchev–Trinajstić information content (AvgIpc) is 3.95. The van der Waals surface area contributed by atoms with Crippen LogP contribution < -0.4 is 9.80 Å². The van der Waals surface area contributed by atoms with Gasteiger partial charge in [0.15, 0.2) is 0 Å². The third-order valence-electron chi connectivity index (χ3n) is 10.7. The lowest BCUT2D eigenvalue weighted by molar-refractivity contribution is 1.13. The zero-order valence-corrected chi connectivity index (χ0v) is 35.7. The highest BCUT2D eigenvalue weighted by Gasteiger charge is 2.14. The van der Waals surface area contributed by atoms with Gasteiger partial charge < -0.3 is 9.80 Å². The monoisotopic (exact) mass is 812 g/mol. The molecule has 0 amide bonds. The molecular weight excluding hydrogens is 769 g/mol. The molecule has 0 unspecified atom stereocenters. The van der Waals surface area contributed by atoms with Gasteiger partial charge in [-0.05, 0) is 105 Å². The summed E-state index contributed by atoms with van der Waals surface area (Å²) in [6.45, 7) is 0. The maximum Gasteiger partial charge on any atom is 0.125 e. The Bertz CT molecular complexity index is 2780. The topological polar surface area (TPSA) is 32.3 Å². The molecule has 0 saturated heterocycles. The molecule has 0 saturated carbocycles. The highest BCUT2D eigenvalue weighted by atomic mass is 32.1. The van der Waals surface area contributed by atoms with Gasteiger partial charge in [0.2, 0.25) is 0 Å². The number of rotatable bonds is 8. The first kappa shape index (κ1) is 38.6. The number of aromatic nitrogens is 2. The maximum atomic E-state index is 4.89. The van der Waals surface area contributed by atoms with E-state index in [1.165, 1.54) is 76.4 Å². The van der Waals surface area contributed by atoms with Crippen LogP contribution in [0.1, 0.15) is 0 Å². The molecule has 0 bridgehead atoms. The van der Waals surface area contributed by atoms with E-state index < -0.39 is 0 Å². The van der Waals surface area contributed by atoms with Gasteiger partial charge in [0.25, 0.3) is 0 Å². The van der Waals surface area contributed by atoms with Crippen LogP contribution in [0, 0.1) is 0 Å². The number of anilines is 2. The molecule has 0 aliphatic rings. The molecule has 0 spiro atoms. The van der Waals surface area contributed by atoms with E-state index in [-0.39, 0.29) is 0 Å². The van der Waals surface area contributed by atoms with Crippen LogP contribution in [0.25, 0.3) is 86.1 Å². The number of nitrogens with zero attached hydrogens (tertiary/aromatic N) is 4. The lowest BCUT2D eigenvalue weighted by atomic mass is 9.96. The van der Waals surface area contributed by atoms with Crippen LogP contribution in [-0.4, -0.2) is 38.2 Å². The number of hydrogen-bond donors (Lipinski definition) is 0. The molecule has 4 nitrogen and oxygen atoms in total. The van der Waals surface area contributed by atoms with Crippen LogP contribution in [-0.2, 0) is 0 Å². The fourth-order valence-corrected chi connectivity index (χ4v) is 9.46. The normalized spacial score (nSPS) is 11.0. The summed E-state index contributed by atoms with van der Waals surface area (Å²) in [4.78, 5) is 14.0. The van der Waals surface area contributed by atoms with E-state index in [0.717, 1.165) is 21.0 Å². The molecule has 0 atom stereocenters. The number of hydrogen-bond acceptors (Lipinski definition) is 6. The summed E-state index contributed by atoms with van der Waals surface area (Å²) in [6.07, 6.45) is 0. The van der Waals surface area contributed by atoms with Gasteiger partial charge in [0.1, 0.15) is 10.0 Å². The SMILES string of the molecule is CN(C)c1ccc(-c2cccc(-c3ccccc3-c3nc4ccccc4s3)c2)cc1.CN(C)c1ccc(-c2cccc(-c3ccccc3-c3nc4ccccc4s3)c2)cc1. The minimum atomic E-state index is 1.06. The fourth-order valence-electron chi connectivity index (χ4n) is 7.45. The standard InChI is InChI=1S/2C27H22N2S/c2*1-29(2)22-16-14-19(15-17-22)20-8-7-9-21(18-20)23-10-3-4-11-24(23)27-28-25-12-5-6-13-26(25)30-27/h2*3-18H,1-2H3. The van der Waals surface area contributed by atoms with Crippen LogP contribution in [0.3, 0.4) is 0 Å². The zero-order chi connectivity index (χ0) is 41.0. The summed E-state index contributed by atoms with van der Waals surface area (Å²) < 4.78 is 2.44. The molecule has 6 heteroatoms. The Hall–Kier alpha value is -6.86. The Morgan fingerprint density at radius 3 is 1.05 bits per heavy atom. The van der Waals surface area contributed by atoms with Crippen LogP contribution in [0.15, 0.2) is 194 Å². The fraction of sp³-hybridized carbons (Fsp3) is 0.0741. The van der Waals surface area contributed by atoms with Gasteiger partial charge in [-0.3, -0.25) is 0 Å². The van der Waals surface area contributed by atoms with Gasteiger partial charge in [-0.25, -0.2) is 9.97 Å². The van der Waals surface area contributed by atoms with E-state index in [1.807, 2.05) is 12.1 Å². The van der Waals surface area contributed by atoms with E-state index in [0.29, 0.717) is 0 Å². The van der Waals surface area contributed by atoms with E-state index in [9.17, 15) is 0 Å². The molecule has 0 aliphatic heterocycles. The van der Waals surface area contributed by atoms with Crippen molar-refractivity contribution in [1.29, 1.82) is 0 Å². The predicted octanol–water partition coefficient (Wildman–Crippen LogP) is 14.7. The molecule has 60 heavy (non-hydrogen) atoms. The van der Waals surface area contributed by atoms with Gasteiger partial charge in [-0.15, -0.1) is 22.7 Å². The van der Waals surface area contributed by atoms with Gasteiger partial charge in [-0.1, -0.05) is 133 Å². The zero-order valence-electron chi connectivity index (χ0n) is 34.1. The Balaban J connectivity index is 0.000000154. The number of fused-ring (bicyclic) bond motifs is 2. The molecule has 292 valence electrons. The molecule has 0 N–H and O–H groups in total. The molecule has 10 aromatic rings. The molecule has 0 radical (unpaired) electrons. The first-order valence-corrected chi connectivity index (χ1v) is 21.7. The second-order valence-corrected chi connectivity index (χ2v) is 17.2. The lowest BCUT2D eigenvalue weighted by Gasteiger charge is -2.13. The predicted molar refractivity (Wildman–Crippen MR) is 261 cm³/mol. The van der Waals surface area contributed by atoms with Crippen molar-refractivity contribution in [3.05, 3.63) is 194 Å². The molecule has 8 aromatic carbocycles. The Morgan fingerprint density at radius 2 is 0.667 bits per heavy atom. The summed E-state index contributed by atoms with van der Waals surface area (Å²) in [5, 5.41) is 2.13. The molecule has 2 aromatic heterocycles. The summed E-state index contributed by atoms with van der Waals surface area (Å²) in [5.74, 6) is 0. The summed E-state index contributed by atoms with van der Waals surface area (Å²) in [6, 6.07) is 68.7. The van der Waals surface area contributed by atoms with Crippen LogP contribution in [0.5, 0.6) is 0 Å². The van der Waals surface area contributed by atoms with Crippen molar-refractivity contribution < 1.29 is 0 Å². The van der Waals surface area contributed by atoms with Crippen molar-refractivity contribution in [1.82, 2.24) is 9.97 Å². The number of benzene rings is 8. The van der Waals surface area contributed by atoms with Crippen molar-refractivity contribution in [3.63, 3.8) is 0 Å². The highest BCUT2D eigenvalue weighted by molar-refractivity contribution is 7.22. The molecule has 0 aliphatic carbocycles. The summed E-state index contributed by atoms with van der Waals surface area (Å²) in [5.41, 5.74) is 16.6. The van der Waals surface area contributed by atoms with Crippen molar-refractivity contribution in [2.45, 2.75) is 0 Å². The highest BCUT2D eigenvalue weighted by Crippen LogP contribution is 2.39. The first-order chi connectivity index (χ1) is 29.4. The Kier molecular flexibility index (Phi) is 11.1.